The van der Waals surface area contributed by atoms with E-state index in [1.165, 1.54) is 0 Å². The number of aromatic nitrogens is 3. The number of nitrogens with zero attached hydrogens (tertiary/aromatic N) is 2. The number of aromatic amines is 1. The number of hydrogen-bond donors (Lipinski definition) is 2. The molecule has 6 nitrogen and oxygen atoms in total. The van der Waals surface area contributed by atoms with E-state index < -0.39 is 0 Å². The largest absolute Gasteiger partial charge is 0.361 e. The Morgan fingerprint density at radius 1 is 0.844 bits per heavy atom. The third kappa shape index (κ3) is 3.41. The summed E-state index contributed by atoms with van der Waals surface area (Å²) in [6, 6.07) is 26.9. The first kappa shape index (κ1) is 19.6. The monoisotopic (exact) mass is 422 g/mol. The van der Waals surface area contributed by atoms with Crippen molar-refractivity contribution >= 4 is 22.5 Å². The van der Waals surface area contributed by atoms with Crippen molar-refractivity contribution < 1.29 is 4.79 Å². The van der Waals surface area contributed by atoms with Crippen LogP contribution in [0.5, 0.6) is 0 Å². The van der Waals surface area contributed by atoms with E-state index in [-0.39, 0.29) is 23.6 Å². The highest BCUT2D eigenvalue weighted by Crippen LogP contribution is 2.22. The second kappa shape index (κ2) is 8.07. The molecule has 0 aliphatic heterocycles. The van der Waals surface area contributed by atoms with Gasteiger partial charge in [-0.05, 0) is 42.8 Å². The molecule has 1 amide bonds. The smallest absolute Gasteiger partial charge is 0.295 e. The fraction of sp³-hybridized carbons (Fsp3) is 0.0769. The lowest BCUT2D eigenvalue weighted by Gasteiger charge is -2.13. The van der Waals surface area contributed by atoms with Crippen LogP contribution in [0.4, 0.5) is 5.69 Å². The number of rotatable bonds is 5. The molecule has 0 saturated carbocycles. The van der Waals surface area contributed by atoms with E-state index in [4.69, 9.17) is 0 Å². The molecule has 2 aromatic heterocycles. The van der Waals surface area contributed by atoms with Crippen LogP contribution in [-0.4, -0.2) is 20.3 Å². The maximum atomic E-state index is 13.5. The molecule has 0 aliphatic carbocycles. The number of amides is 1. The van der Waals surface area contributed by atoms with E-state index in [1.54, 1.807) is 4.68 Å². The van der Waals surface area contributed by atoms with Crippen molar-refractivity contribution in [1.29, 1.82) is 0 Å². The third-order valence-corrected chi connectivity index (χ3v) is 5.58. The van der Waals surface area contributed by atoms with Gasteiger partial charge in [0, 0.05) is 17.1 Å². The van der Waals surface area contributed by atoms with Crippen molar-refractivity contribution in [3.63, 3.8) is 0 Å². The van der Waals surface area contributed by atoms with Crippen LogP contribution in [0, 0.1) is 6.92 Å². The van der Waals surface area contributed by atoms with Gasteiger partial charge in [-0.3, -0.25) is 9.59 Å². The molecular weight excluding hydrogens is 400 g/mol. The molecular formula is C26H22N4O2. The maximum absolute atomic E-state index is 13.5. The van der Waals surface area contributed by atoms with E-state index in [1.807, 2.05) is 103 Å². The van der Waals surface area contributed by atoms with Gasteiger partial charge in [-0.15, -0.1) is 0 Å². The van der Waals surface area contributed by atoms with Gasteiger partial charge in [-0.2, -0.15) is 0 Å². The number of carbonyl (C=O) groups is 1. The second-order valence-electron chi connectivity index (χ2n) is 7.64. The predicted octanol–water partition coefficient (Wildman–Crippen LogP) is 4.60. The summed E-state index contributed by atoms with van der Waals surface area (Å²) in [6.07, 6.45) is 2.01. The van der Waals surface area contributed by atoms with Crippen LogP contribution in [0.3, 0.4) is 0 Å². The molecule has 32 heavy (non-hydrogen) atoms. The molecule has 2 heterocycles. The highest BCUT2D eigenvalue weighted by molar-refractivity contribution is 5.96. The molecule has 0 bridgehead atoms. The topological polar surface area (TPSA) is 71.8 Å². The Morgan fingerprint density at radius 3 is 2.12 bits per heavy atom. The molecule has 0 unspecified atom stereocenters. The first-order valence-corrected chi connectivity index (χ1v) is 10.4. The quantitative estimate of drug-likeness (QED) is 0.435. The SMILES string of the molecule is Cc1c(NC(=O)Cc2c[nH]c3ccccc23)c(=O)n(-c2ccccc2)n1-c1ccccc1. The number of anilines is 1. The fourth-order valence-electron chi connectivity index (χ4n) is 4.07. The maximum Gasteiger partial charge on any atom is 0.295 e. The van der Waals surface area contributed by atoms with Crippen molar-refractivity contribution in [2.75, 3.05) is 5.32 Å². The van der Waals surface area contributed by atoms with Gasteiger partial charge in [0.1, 0.15) is 5.69 Å². The molecule has 0 aliphatic rings. The standard InChI is InChI=1S/C26H22N4O2/c1-18-25(28-24(31)16-19-17-27-23-15-9-8-14-22(19)23)26(32)30(21-12-6-3-7-13-21)29(18)20-10-4-2-5-11-20/h2-15,17,27H,16H2,1H3,(H,28,31). The van der Waals surface area contributed by atoms with Crippen LogP contribution in [0.1, 0.15) is 11.3 Å². The summed E-state index contributed by atoms with van der Waals surface area (Å²) < 4.78 is 3.42. The molecule has 5 rings (SSSR count). The molecule has 5 aromatic rings. The Morgan fingerprint density at radius 2 is 1.44 bits per heavy atom. The van der Waals surface area contributed by atoms with Gasteiger partial charge < -0.3 is 10.3 Å². The first-order valence-electron chi connectivity index (χ1n) is 10.4. The fourth-order valence-corrected chi connectivity index (χ4v) is 4.07. The van der Waals surface area contributed by atoms with E-state index in [2.05, 4.69) is 10.3 Å². The van der Waals surface area contributed by atoms with Crippen LogP contribution < -0.4 is 10.9 Å². The lowest BCUT2D eigenvalue weighted by Crippen LogP contribution is -2.24. The minimum Gasteiger partial charge on any atom is -0.361 e. The Hall–Kier alpha value is -4.32. The summed E-state index contributed by atoms with van der Waals surface area (Å²) in [5.41, 5.74) is 4.10. The van der Waals surface area contributed by atoms with Gasteiger partial charge >= 0.3 is 0 Å². The van der Waals surface area contributed by atoms with E-state index in [9.17, 15) is 9.59 Å². The number of nitrogens with one attached hydrogen (secondary N) is 2. The second-order valence-corrected chi connectivity index (χ2v) is 7.64. The molecule has 0 saturated heterocycles. The Labute approximate surface area is 184 Å². The number of hydrogen-bond acceptors (Lipinski definition) is 2. The van der Waals surface area contributed by atoms with Gasteiger partial charge in [0.15, 0.2) is 0 Å². The van der Waals surface area contributed by atoms with E-state index in [0.29, 0.717) is 5.69 Å². The lowest BCUT2D eigenvalue weighted by molar-refractivity contribution is -0.115. The number of fused-ring (bicyclic) bond motifs is 1. The molecule has 0 atom stereocenters. The molecule has 0 radical (unpaired) electrons. The van der Waals surface area contributed by atoms with Gasteiger partial charge in [0.25, 0.3) is 5.56 Å². The van der Waals surface area contributed by atoms with Crippen LogP contribution >= 0.6 is 0 Å². The number of benzene rings is 3. The predicted molar refractivity (Wildman–Crippen MR) is 127 cm³/mol. The zero-order chi connectivity index (χ0) is 22.1. The molecule has 158 valence electrons. The molecule has 6 heteroatoms. The molecule has 2 N–H and O–H groups in total. The molecule has 0 fully saturated rings. The summed E-state index contributed by atoms with van der Waals surface area (Å²) in [5.74, 6) is -0.236. The van der Waals surface area contributed by atoms with Crippen LogP contribution in [0.2, 0.25) is 0 Å². The Balaban J connectivity index is 1.55. The van der Waals surface area contributed by atoms with Gasteiger partial charge in [-0.1, -0.05) is 54.6 Å². The normalized spacial score (nSPS) is 11.0. The summed E-state index contributed by atoms with van der Waals surface area (Å²) in [7, 11) is 0. The summed E-state index contributed by atoms with van der Waals surface area (Å²) in [4.78, 5) is 29.6. The summed E-state index contributed by atoms with van der Waals surface area (Å²) in [6.45, 7) is 1.84. The molecule has 3 aromatic carbocycles. The third-order valence-electron chi connectivity index (χ3n) is 5.58. The summed E-state index contributed by atoms with van der Waals surface area (Å²) in [5, 5.41) is 3.88. The van der Waals surface area contributed by atoms with Crippen LogP contribution in [0.15, 0.2) is 95.9 Å². The highest BCUT2D eigenvalue weighted by atomic mass is 16.2. The number of para-hydroxylation sites is 3. The van der Waals surface area contributed by atoms with E-state index >= 15 is 0 Å². The van der Waals surface area contributed by atoms with Crippen molar-refractivity contribution in [3.8, 4) is 11.4 Å². The average molecular weight is 422 g/mol. The highest BCUT2D eigenvalue weighted by Gasteiger charge is 2.21. The zero-order valence-corrected chi connectivity index (χ0v) is 17.6. The van der Waals surface area contributed by atoms with Gasteiger partial charge in [0.2, 0.25) is 5.91 Å². The van der Waals surface area contributed by atoms with Crippen molar-refractivity contribution in [2.24, 2.45) is 0 Å². The van der Waals surface area contributed by atoms with Gasteiger partial charge in [0.05, 0.1) is 23.5 Å². The van der Waals surface area contributed by atoms with Crippen LogP contribution in [-0.2, 0) is 11.2 Å². The number of carbonyl (C=O) groups excluding carboxylic acids is 1. The van der Waals surface area contributed by atoms with Gasteiger partial charge in [-0.25, -0.2) is 9.36 Å². The zero-order valence-electron chi connectivity index (χ0n) is 17.6. The Bertz CT molecular complexity index is 1460. The first-order chi connectivity index (χ1) is 15.6. The summed E-state index contributed by atoms with van der Waals surface area (Å²) >= 11 is 0. The number of H-pyrrole nitrogens is 1. The van der Waals surface area contributed by atoms with Crippen LogP contribution in [0.25, 0.3) is 22.3 Å². The molecule has 0 spiro atoms. The minimum absolute atomic E-state index is 0.171. The van der Waals surface area contributed by atoms with Crippen molar-refractivity contribution in [1.82, 2.24) is 14.3 Å². The Kier molecular flexibility index (Phi) is 4.95. The average Bonchev–Trinajstić information content (AvgIpc) is 3.34. The van der Waals surface area contributed by atoms with Crippen molar-refractivity contribution in [3.05, 3.63) is 113 Å². The van der Waals surface area contributed by atoms with E-state index in [0.717, 1.165) is 27.8 Å². The minimum atomic E-state index is -0.273. The lowest BCUT2D eigenvalue weighted by atomic mass is 10.1. The van der Waals surface area contributed by atoms with Crippen molar-refractivity contribution in [2.45, 2.75) is 13.3 Å².